The fourth-order valence-corrected chi connectivity index (χ4v) is 3.65. The van der Waals surface area contributed by atoms with Crippen molar-refractivity contribution in [3.8, 4) is 0 Å². The van der Waals surface area contributed by atoms with Gasteiger partial charge in [0.15, 0.2) is 0 Å². The Balaban J connectivity index is 1.29. The van der Waals surface area contributed by atoms with Crippen molar-refractivity contribution in [2.45, 2.75) is 32.5 Å². The highest BCUT2D eigenvalue weighted by Gasteiger charge is 2.17. The van der Waals surface area contributed by atoms with E-state index in [1.807, 2.05) is 55.6 Å². The number of hydrogen-bond acceptors (Lipinski definition) is 3. The Kier molecular flexibility index (Phi) is 5.75. The zero-order valence-electron chi connectivity index (χ0n) is 16.6. The summed E-state index contributed by atoms with van der Waals surface area (Å²) in [4.78, 5) is 19.1. The van der Waals surface area contributed by atoms with Crippen LogP contribution in [0.15, 0.2) is 72.9 Å². The van der Waals surface area contributed by atoms with Gasteiger partial charge in [0, 0.05) is 25.8 Å². The molecule has 5 nitrogen and oxygen atoms in total. The molecule has 0 spiro atoms. The number of benzene rings is 2. The first-order chi connectivity index (χ1) is 14.2. The number of amides is 2. The van der Waals surface area contributed by atoms with Crippen molar-refractivity contribution in [1.82, 2.24) is 15.6 Å². The maximum atomic E-state index is 12.2. The first-order valence-electron chi connectivity index (χ1n) is 10.0. The molecule has 2 N–H and O–H groups in total. The van der Waals surface area contributed by atoms with Crippen LogP contribution in [0.1, 0.15) is 35.2 Å². The smallest absolute Gasteiger partial charge is 0.315 e. The van der Waals surface area contributed by atoms with E-state index in [4.69, 9.17) is 0 Å². The number of nitrogens with zero attached hydrogens (tertiary/aromatic N) is 2. The van der Waals surface area contributed by atoms with Crippen molar-refractivity contribution < 1.29 is 4.79 Å². The molecule has 0 aliphatic carbocycles. The molecule has 29 heavy (non-hydrogen) atoms. The number of pyridine rings is 1. The topological polar surface area (TPSA) is 57.3 Å². The lowest BCUT2D eigenvalue weighted by Crippen LogP contribution is -2.36. The van der Waals surface area contributed by atoms with Crippen LogP contribution in [0.2, 0.25) is 0 Å². The van der Waals surface area contributed by atoms with Gasteiger partial charge in [-0.2, -0.15) is 0 Å². The minimum Gasteiger partial charge on any atom is -0.352 e. The summed E-state index contributed by atoms with van der Waals surface area (Å²) in [5.41, 5.74) is 4.86. The van der Waals surface area contributed by atoms with Crippen molar-refractivity contribution in [1.29, 1.82) is 0 Å². The lowest BCUT2D eigenvalue weighted by Gasteiger charge is -2.29. The quantitative estimate of drug-likeness (QED) is 0.691. The fourth-order valence-electron chi connectivity index (χ4n) is 3.65. The minimum atomic E-state index is -0.182. The molecule has 0 radical (unpaired) electrons. The molecule has 148 valence electrons. The monoisotopic (exact) mass is 386 g/mol. The number of fused-ring (bicyclic) bond motifs is 1. The number of rotatable bonds is 5. The van der Waals surface area contributed by atoms with Crippen molar-refractivity contribution >= 4 is 11.8 Å². The fraction of sp³-hybridized carbons (Fsp3) is 0.250. The molecule has 0 bridgehead atoms. The molecule has 3 aromatic rings. The molecule has 0 saturated carbocycles. The Bertz CT molecular complexity index is 956. The second kappa shape index (κ2) is 8.78. The number of hydrogen-bond donors (Lipinski definition) is 2. The Morgan fingerprint density at radius 1 is 1.03 bits per heavy atom. The van der Waals surface area contributed by atoms with Crippen molar-refractivity contribution in [2.24, 2.45) is 0 Å². The maximum Gasteiger partial charge on any atom is 0.315 e. The third-order valence-corrected chi connectivity index (χ3v) is 5.36. The van der Waals surface area contributed by atoms with E-state index < -0.39 is 0 Å². The third kappa shape index (κ3) is 4.74. The first kappa shape index (κ1) is 19.0. The second-order valence-corrected chi connectivity index (χ2v) is 7.42. The Morgan fingerprint density at radius 2 is 1.79 bits per heavy atom. The van der Waals surface area contributed by atoms with E-state index in [0.29, 0.717) is 6.54 Å². The summed E-state index contributed by atoms with van der Waals surface area (Å²) in [6.07, 6.45) is 2.89. The molecular weight excluding hydrogens is 360 g/mol. The van der Waals surface area contributed by atoms with Gasteiger partial charge in [0.2, 0.25) is 0 Å². The van der Waals surface area contributed by atoms with Gasteiger partial charge in [-0.1, -0.05) is 60.7 Å². The molecule has 4 rings (SSSR count). The minimum absolute atomic E-state index is 0.0429. The SMILES string of the molecule is CC(NC(=O)NCc1ccc(N2CCc3ccccc3C2)nc1)c1ccccc1. The lowest BCUT2D eigenvalue weighted by atomic mass is 10.00. The molecule has 2 aromatic carbocycles. The molecular formula is C24H26N4O. The molecule has 0 fully saturated rings. The van der Waals surface area contributed by atoms with Gasteiger partial charge < -0.3 is 15.5 Å². The summed E-state index contributed by atoms with van der Waals surface area (Å²) < 4.78 is 0. The molecule has 0 saturated heterocycles. The van der Waals surface area contributed by atoms with E-state index >= 15 is 0 Å². The molecule has 1 unspecified atom stereocenters. The van der Waals surface area contributed by atoms with Crippen LogP contribution in [0, 0.1) is 0 Å². The van der Waals surface area contributed by atoms with E-state index in [0.717, 1.165) is 36.5 Å². The molecule has 2 heterocycles. The Hall–Kier alpha value is -3.34. The van der Waals surface area contributed by atoms with E-state index in [-0.39, 0.29) is 12.1 Å². The van der Waals surface area contributed by atoms with Gasteiger partial charge in [0.25, 0.3) is 0 Å². The number of carbonyl (C=O) groups is 1. The summed E-state index contributed by atoms with van der Waals surface area (Å²) in [7, 11) is 0. The maximum absolute atomic E-state index is 12.2. The summed E-state index contributed by atoms with van der Waals surface area (Å²) in [6, 6.07) is 22.4. The van der Waals surface area contributed by atoms with Crippen LogP contribution in [0.25, 0.3) is 0 Å². The second-order valence-electron chi connectivity index (χ2n) is 7.42. The van der Waals surface area contributed by atoms with Crippen LogP contribution in [-0.2, 0) is 19.5 Å². The van der Waals surface area contributed by atoms with Crippen LogP contribution in [0.3, 0.4) is 0 Å². The summed E-state index contributed by atoms with van der Waals surface area (Å²) in [6.45, 7) is 4.29. The normalized spacial score (nSPS) is 14.0. The molecule has 5 heteroatoms. The van der Waals surface area contributed by atoms with Crippen LogP contribution in [-0.4, -0.2) is 17.6 Å². The number of urea groups is 1. The van der Waals surface area contributed by atoms with Gasteiger partial charge in [0.05, 0.1) is 6.04 Å². The summed E-state index contributed by atoms with van der Waals surface area (Å²) in [5, 5.41) is 5.87. The molecule has 2 amide bonds. The van der Waals surface area contributed by atoms with Crippen molar-refractivity contribution in [2.75, 3.05) is 11.4 Å². The van der Waals surface area contributed by atoms with Gasteiger partial charge in [-0.15, -0.1) is 0 Å². The average Bonchev–Trinajstić information content (AvgIpc) is 2.78. The van der Waals surface area contributed by atoms with Crippen molar-refractivity contribution in [3.63, 3.8) is 0 Å². The zero-order valence-corrected chi connectivity index (χ0v) is 16.6. The van der Waals surface area contributed by atoms with E-state index in [2.05, 4.69) is 44.8 Å². The molecule has 1 aliphatic heterocycles. The standard InChI is InChI=1S/C24H26N4O/c1-18(20-7-3-2-4-8-20)27-24(29)26-16-19-11-12-23(25-15-19)28-14-13-21-9-5-6-10-22(21)17-28/h2-12,15,18H,13-14,16-17H2,1H3,(H2,26,27,29). The summed E-state index contributed by atoms with van der Waals surface area (Å²) >= 11 is 0. The highest BCUT2D eigenvalue weighted by molar-refractivity contribution is 5.74. The number of carbonyl (C=O) groups excluding carboxylic acids is 1. The summed E-state index contributed by atoms with van der Waals surface area (Å²) in [5.74, 6) is 0.977. The Morgan fingerprint density at radius 3 is 2.55 bits per heavy atom. The average molecular weight is 386 g/mol. The van der Waals surface area contributed by atoms with Gasteiger partial charge in [-0.05, 0) is 41.7 Å². The zero-order chi connectivity index (χ0) is 20.1. The predicted octanol–water partition coefficient (Wildman–Crippen LogP) is 4.20. The number of aromatic nitrogens is 1. The first-order valence-corrected chi connectivity index (χ1v) is 10.0. The van der Waals surface area contributed by atoms with Crippen molar-refractivity contribution in [3.05, 3.63) is 95.2 Å². The van der Waals surface area contributed by atoms with Gasteiger partial charge >= 0.3 is 6.03 Å². The highest BCUT2D eigenvalue weighted by Crippen LogP contribution is 2.23. The van der Waals surface area contributed by atoms with Crippen LogP contribution < -0.4 is 15.5 Å². The molecule has 1 atom stereocenters. The van der Waals surface area contributed by atoms with E-state index in [9.17, 15) is 4.79 Å². The molecule has 1 aromatic heterocycles. The predicted molar refractivity (Wildman–Crippen MR) is 116 cm³/mol. The van der Waals surface area contributed by atoms with Gasteiger partial charge in [0.1, 0.15) is 5.82 Å². The number of nitrogens with one attached hydrogen (secondary N) is 2. The van der Waals surface area contributed by atoms with Gasteiger partial charge in [-0.3, -0.25) is 0 Å². The third-order valence-electron chi connectivity index (χ3n) is 5.36. The van der Waals surface area contributed by atoms with Crippen LogP contribution in [0.5, 0.6) is 0 Å². The largest absolute Gasteiger partial charge is 0.352 e. The van der Waals surface area contributed by atoms with Crippen LogP contribution in [0.4, 0.5) is 10.6 Å². The van der Waals surface area contributed by atoms with Crippen LogP contribution >= 0.6 is 0 Å². The van der Waals surface area contributed by atoms with E-state index in [1.165, 1.54) is 11.1 Å². The Labute approximate surface area is 171 Å². The van der Waals surface area contributed by atoms with E-state index in [1.54, 1.807) is 0 Å². The lowest BCUT2D eigenvalue weighted by molar-refractivity contribution is 0.237. The highest BCUT2D eigenvalue weighted by atomic mass is 16.2. The van der Waals surface area contributed by atoms with Gasteiger partial charge in [-0.25, -0.2) is 9.78 Å². The number of anilines is 1. The molecule has 1 aliphatic rings.